The first-order valence-electron chi connectivity index (χ1n) is 8.83. The number of aromatic hydroxyl groups is 1. The van der Waals surface area contributed by atoms with E-state index < -0.39 is 10.0 Å². The van der Waals surface area contributed by atoms with Crippen LogP contribution in [0.4, 0.5) is 5.69 Å². The van der Waals surface area contributed by atoms with Gasteiger partial charge in [0.05, 0.1) is 11.4 Å². The molecule has 0 aliphatic rings. The predicted molar refractivity (Wildman–Crippen MR) is 97.4 cm³/mol. The number of hydrogen-bond donors (Lipinski definition) is 2. The van der Waals surface area contributed by atoms with Crippen molar-refractivity contribution in [2.45, 2.75) is 71.1 Å². The first kappa shape index (κ1) is 19.8. The molecule has 0 atom stereocenters. The van der Waals surface area contributed by atoms with E-state index in [1.54, 1.807) is 12.1 Å². The second-order valence-corrected chi connectivity index (χ2v) is 8.00. The largest absolute Gasteiger partial charge is 0.508 e. The van der Waals surface area contributed by atoms with Crippen molar-refractivity contribution >= 4 is 15.7 Å². The smallest absolute Gasteiger partial charge is 0.232 e. The average Bonchev–Trinajstić information content (AvgIpc) is 2.48. The number of rotatable bonds is 13. The lowest BCUT2D eigenvalue weighted by atomic mass is 10.1. The molecule has 0 amide bonds. The van der Waals surface area contributed by atoms with E-state index >= 15 is 0 Å². The monoisotopic (exact) mass is 341 g/mol. The Bertz CT molecular complexity index is 529. The topological polar surface area (TPSA) is 66.4 Å². The van der Waals surface area contributed by atoms with E-state index in [1.165, 1.54) is 57.1 Å². The van der Waals surface area contributed by atoms with Gasteiger partial charge in [0, 0.05) is 6.07 Å². The fourth-order valence-corrected chi connectivity index (χ4v) is 3.75. The van der Waals surface area contributed by atoms with Crippen molar-refractivity contribution in [2.75, 3.05) is 10.5 Å². The summed E-state index contributed by atoms with van der Waals surface area (Å²) in [6.07, 6.45) is 11.8. The molecule has 1 aromatic rings. The van der Waals surface area contributed by atoms with Gasteiger partial charge in [0.25, 0.3) is 0 Å². The SMILES string of the molecule is CCCCCCCCCCCCS(=O)(=O)Nc1cccc(O)c1. The fraction of sp³-hybridized carbons (Fsp3) is 0.667. The Morgan fingerprint density at radius 2 is 1.48 bits per heavy atom. The van der Waals surface area contributed by atoms with Crippen LogP contribution in [-0.4, -0.2) is 19.3 Å². The van der Waals surface area contributed by atoms with Crippen LogP contribution in [0.25, 0.3) is 0 Å². The lowest BCUT2D eigenvalue weighted by Crippen LogP contribution is -2.16. The summed E-state index contributed by atoms with van der Waals surface area (Å²) in [4.78, 5) is 0. The van der Waals surface area contributed by atoms with E-state index in [0.29, 0.717) is 12.1 Å². The highest BCUT2D eigenvalue weighted by molar-refractivity contribution is 7.92. The van der Waals surface area contributed by atoms with Crippen molar-refractivity contribution in [2.24, 2.45) is 0 Å². The summed E-state index contributed by atoms with van der Waals surface area (Å²) >= 11 is 0. The van der Waals surface area contributed by atoms with Crippen LogP contribution in [0.15, 0.2) is 24.3 Å². The van der Waals surface area contributed by atoms with E-state index in [1.807, 2.05) is 0 Å². The van der Waals surface area contributed by atoms with Gasteiger partial charge in [-0.3, -0.25) is 4.72 Å². The molecule has 23 heavy (non-hydrogen) atoms. The second kappa shape index (κ2) is 11.3. The van der Waals surface area contributed by atoms with Gasteiger partial charge in [-0.25, -0.2) is 8.42 Å². The molecule has 0 radical (unpaired) electrons. The average molecular weight is 342 g/mol. The number of phenols is 1. The highest BCUT2D eigenvalue weighted by Gasteiger charge is 2.10. The van der Waals surface area contributed by atoms with Gasteiger partial charge in [-0.1, -0.05) is 70.8 Å². The third kappa shape index (κ3) is 10.2. The molecular weight excluding hydrogens is 310 g/mol. The summed E-state index contributed by atoms with van der Waals surface area (Å²) in [6.45, 7) is 2.23. The third-order valence-corrected chi connectivity index (χ3v) is 5.26. The molecule has 1 rings (SSSR count). The number of anilines is 1. The summed E-state index contributed by atoms with van der Waals surface area (Å²) in [5.74, 6) is 0.197. The normalized spacial score (nSPS) is 11.5. The van der Waals surface area contributed by atoms with E-state index in [2.05, 4.69) is 11.6 Å². The minimum Gasteiger partial charge on any atom is -0.508 e. The quantitative estimate of drug-likeness (QED) is 0.493. The first-order valence-corrected chi connectivity index (χ1v) is 10.5. The molecule has 0 aliphatic carbocycles. The fourth-order valence-electron chi connectivity index (χ4n) is 2.58. The zero-order chi connectivity index (χ0) is 17.0. The molecule has 0 aliphatic heterocycles. The minimum atomic E-state index is -3.32. The van der Waals surface area contributed by atoms with Crippen LogP contribution in [0.1, 0.15) is 71.1 Å². The maximum Gasteiger partial charge on any atom is 0.232 e. The van der Waals surface area contributed by atoms with Gasteiger partial charge in [0.15, 0.2) is 0 Å². The molecule has 0 unspecified atom stereocenters. The van der Waals surface area contributed by atoms with Crippen LogP contribution in [0.3, 0.4) is 0 Å². The van der Waals surface area contributed by atoms with Crippen molar-refractivity contribution in [3.8, 4) is 5.75 Å². The summed E-state index contributed by atoms with van der Waals surface area (Å²) in [7, 11) is -3.32. The highest BCUT2D eigenvalue weighted by Crippen LogP contribution is 2.17. The number of phenolic OH excluding ortho intramolecular Hbond substituents is 1. The third-order valence-electron chi connectivity index (χ3n) is 3.89. The van der Waals surface area contributed by atoms with Gasteiger partial charge >= 0.3 is 0 Å². The van der Waals surface area contributed by atoms with E-state index in [0.717, 1.165) is 12.8 Å². The second-order valence-electron chi connectivity index (χ2n) is 6.15. The van der Waals surface area contributed by atoms with E-state index in [4.69, 9.17) is 0 Å². The Kier molecular flexibility index (Phi) is 9.76. The van der Waals surface area contributed by atoms with Gasteiger partial charge in [0.2, 0.25) is 10.0 Å². The van der Waals surface area contributed by atoms with Crippen molar-refractivity contribution in [3.63, 3.8) is 0 Å². The van der Waals surface area contributed by atoms with Crippen LogP contribution in [0, 0.1) is 0 Å². The molecule has 132 valence electrons. The molecule has 0 fully saturated rings. The molecule has 0 heterocycles. The zero-order valence-electron chi connectivity index (χ0n) is 14.3. The molecule has 0 aromatic heterocycles. The number of sulfonamides is 1. The summed E-state index contributed by atoms with van der Waals surface area (Å²) in [5.41, 5.74) is 0.414. The lowest BCUT2D eigenvalue weighted by Gasteiger charge is -2.08. The van der Waals surface area contributed by atoms with Crippen molar-refractivity contribution < 1.29 is 13.5 Å². The molecule has 0 saturated heterocycles. The van der Waals surface area contributed by atoms with Gasteiger partial charge in [-0.15, -0.1) is 0 Å². The molecule has 0 spiro atoms. The van der Waals surface area contributed by atoms with Crippen LogP contribution in [-0.2, 0) is 10.0 Å². The van der Waals surface area contributed by atoms with Gasteiger partial charge in [-0.05, 0) is 18.6 Å². The van der Waals surface area contributed by atoms with Crippen LogP contribution in [0.2, 0.25) is 0 Å². The van der Waals surface area contributed by atoms with E-state index in [9.17, 15) is 13.5 Å². The number of unbranched alkanes of at least 4 members (excludes halogenated alkanes) is 9. The summed E-state index contributed by atoms with van der Waals surface area (Å²) in [5, 5.41) is 9.34. The maximum absolute atomic E-state index is 12.0. The van der Waals surface area contributed by atoms with Crippen molar-refractivity contribution in [1.82, 2.24) is 0 Å². The van der Waals surface area contributed by atoms with Crippen LogP contribution >= 0.6 is 0 Å². The Hall–Kier alpha value is -1.23. The Morgan fingerprint density at radius 3 is 2.04 bits per heavy atom. The first-order chi connectivity index (χ1) is 11.0. The lowest BCUT2D eigenvalue weighted by molar-refractivity contribution is 0.475. The van der Waals surface area contributed by atoms with Crippen LogP contribution in [0.5, 0.6) is 5.75 Å². The number of nitrogens with one attached hydrogen (secondary N) is 1. The maximum atomic E-state index is 12.0. The predicted octanol–water partition coefficient (Wildman–Crippen LogP) is 5.05. The minimum absolute atomic E-state index is 0.0594. The van der Waals surface area contributed by atoms with Gasteiger partial charge in [0.1, 0.15) is 5.75 Å². The molecular formula is C18H31NO3S. The van der Waals surface area contributed by atoms with E-state index in [-0.39, 0.29) is 11.5 Å². The Balaban J connectivity index is 2.08. The van der Waals surface area contributed by atoms with Gasteiger partial charge in [-0.2, -0.15) is 0 Å². The van der Waals surface area contributed by atoms with Crippen LogP contribution < -0.4 is 4.72 Å². The summed E-state index contributed by atoms with van der Waals surface area (Å²) < 4.78 is 26.4. The Morgan fingerprint density at radius 1 is 0.913 bits per heavy atom. The number of benzene rings is 1. The molecule has 0 saturated carbocycles. The van der Waals surface area contributed by atoms with Crippen molar-refractivity contribution in [3.05, 3.63) is 24.3 Å². The number of hydrogen-bond acceptors (Lipinski definition) is 3. The zero-order valence-corrected chi connectivity index (χ0v) is 15.1. The molecule has 4 nitrogen and oxygen atoms in total. The highest BCUT2D eigenvalue weighted by atomic mass is 32.2. The summed E-state index contributed by atoms with van der Waals surface area (Å²) in [6, 6.07) is 6.18. The molecule has 0 bridgehead atoms. The molecule has 2 N–H and O–H groups in total. The van der Waals surface area contributed by atoms with Gasteiger partial charge < -0.3 is 5.11 Å². The molecule has 5 heteroatoms. The standard InChI is InChI=1S/C18H31NO3S/c1-2-3-4-5-6-7-8-9-10-11-15-23(21,22)19-17-13-12-14-18(20)16-17/h12-14,16,19-20H,2-11,15H2,1H3. The molecule has 1 aromatic carbocycles. The Labute approximate surface area is 141 Å². The van der Waals surface area contributed by atoms with Crippen molar-refractivity contribution in [1.29, 1.82) is 0 Å².